The molecule has 1 amide bonds. The van der Waals surface area contributed by atoms with Crippen molar-refractivity contribution < 1.29 is 13.2 Å². The lowest BCUT2D eigenvalue weighted by Gasteiger charge is -2.24. The van der Waals surface area contributed by atoms with E-state index >= 15 is 0 Å². The molecule has 2 fully saturated rings. The van der Waals surface area contributed by atoms with Crippen LogP contribution < -0.4 is 5.32 Å². The Morgan fingerprint density at radius 1 is 1.42 bits per heavy atom. The Bertz CT molecular complexity index is 436. The van der Waals surface area contributed by atoms with E-state index < -0.39 is 16.1 Å². The van der Waals surface area contributed by atoms with Gasteiger partial charge in [0.25, 0.3) is 0 Å². The fourth-order valence-corrected chi connectivity index (χ4v) is 4.62. The quantitative estimate of drug-likeness (QED) is 0.743. The van der Waals surface area contributed by atoms with Gasteiger partial charge in [0.05, 0.1) is 5.75 Å². The third-order valence-corrected chi connectivity index (χ3v) is 6.21. The summed E-state index contributed by atoms with van der Waals surface area (Å²) < 4.78 is 26.0. The SMILES string of the molecule is CC(CCl)CS(=O)(=O)N1CCCC1C(=O)NC1CC1. The molecule has 0 radical (unpaired) electrons. The van der Waals surface area contributed by atoms with Crippen molar-refractivity contribution in [3.63, 3.8) is 0 Å². The van der Waals surface area contributed by atoms with E-state index in [0.29, 0.717) is 18.8 Å². The van der Waals surface area contributed by atoms with E-state index in [0.717, 1.165) is 19.3 Å². The summed E-state index contributed by atoms with van der Waals surface area (Å²) >= 11 is 5.68. The highest BCUT2D eigenvalue weighted by Gasteiger charge is 2.40. The number of amides is 1. The summed E-state index contributed by atoms with van der Waals surface area (Å²) in [4.78, 5) is 12.1. The summed E-state index contributed by atoms with van der Waals surface area (Å²) in [7, 11) is -3.39. The van der Waals surface area contributed by atoms with Crippen LogP contribution in [0.25, 0.3) is 0 Å². The Hall–Kier alpha value is -0.330. The van der Waals surface area contributed by atoms with Crippen LogP contribution in [0.5, 0.6) is 0 Å². The van der Waals surface area contributed by atoms with E-state index in [9.17, 15) is 13.2 Å². The molecule has 0 aromatic rings. The molecule has 1 saturated carbocycles. The zero-order valence-corrected chi connectivity index (χ0v) is 12.7. The van der Waals surface area contributed by atoms with E-state index in [4.69, 9.17) is 11.6 Å². The van der Waals surface area contributed by atoms with Crippen LogP contribution in [-0.4, -0.2) is 48.9 Å². The summed E-state index contributed by atoms with van der Waals surface area (Å²) in [6.45, 7) is 2.25. The van der Waals surface area contributed by atoms with Crippen molar-refractivity contribution in [2.45, 2.75) is 44.7 Å². The summed E-state index contributed by atoms with van der Waals surface area (Å²) in [5.41, 5.74) is 0. The van der Waals surface area contributed by atoms with Crippen LogP contribution in [0.4, 0.5) is 0 Å². The summed E-state index contributed by atoms with van der Waals surface area (Å²) in [5.74, 6) is 0.0944. The minimum absolute atomic E-state index is 0.0176. The minimum Gasteiger partial charge on any atom is -0.352 e. The average Bonchev–Trinajstić information content (AvgIpc) is 3.00. The molecule has 0 aromatic heterocycles. The molecule has 1 N–H and O–H groups in total. The maximum atomic E-state index is 12.3. The van der Waals surface area contributed by atoms with E-state index in [2.05, 4.69) is 5.32 Å². The molecule has 2 atom stereocenters. The topological polar surface area (TPSA) is 66.5 Å². The number of carbonyl (C=O) groups is 1. The zero-order valence-electron chi connectivity index (χ0n) is 11.1. The Labute approximate surface area is 119 Å². The Kier molecular flexibility index (Phi) is 4.74. The number of nitrogens with one attached hydrogen (secondary N) is 1. The van der Waals surface area contributed by atoms with Gasteiger partial charge in [-0.15, -0.1) is 11.6 Å². The smallest absolute Gasteiger partial charge is 0.238 e. The van der Waals surface area contributed by atoms with Crippen molar-refractivity contribution in [1.29, 1.82) is 0 Å². The Morgan fingerprint density at radius 2 is 2.11 bits per heavy atom. The largest absolute Gasteiger partial charge is 0.352 e. The normalized spacial score (nSPS) is 26.3. The van der Waals surface area contributed by atoms with Crippen molar-refractivity contribution in [2.75, 3.05) is 18.2 Å². The second-order valence-corrected chi connectivity index (χ2v) is 7.86. The molecule has 5 nitrogen and oxygen atoms in total. The molecule has 0 bridgehead atoms. The fraction of sp³-hybridized carbons (Fsp3) is 0.917. The Morgan fingerprint density at radius 3 is 2.68 bits per heavy atom. The van der Waals surface area contributed by atoms with Crippen LogP contribution in [0.2, 0.25) is 0 Å². The maximum absolute atomic E-state index is 12.3. The molecule has 2 rings (SSSR count). The second-order valence-electron chi connectivity index (χ2n) is 5.59. The average molecular weight is 309 g/mol. The first-order valence-corrected chi connectivity index (χ1v) is 8.94. The zero-order chi connectivity index (χ0) is 14.0. The molecular weight excluding hydrogens is 288 g/mol. The highest BCUT2D eigenvalue weighted by Crippen LogP contribution is 2.25. The lowest BCUT2D eigenvalue weighted by Crippen LogP contribution is -2.47. The molecule has 1 heterocycles. The molecular formula is C12H21ClN2O3S. The van der Waals surface area contributed by atoms with Crippen LogP contribution in [0.1, 0.15) is 32.6 Å². The van der Waals surface area contributed by atoms with Crippen LogP contribution in [0.3, 0.4) is 0 Å². The molecule has 1 aliphatic carbocycles. The number of sulfonamides is 1. The van der Waals surface area contributed by atoms with E-state index in [1.54, 1.807) is 6.92 Å². The van der Waals surface area contributed by atoms with Crippen LogP contribution in [-0.2, 0) is 14.8 Å². The van der Waals surface area contributed by atoms with Crippen molar-refractivity contribution in [2.24, 2.45) is 5.92 Å². The van der Waals surface area contributed by atoms with Crippen molar-refractivity contribution in [3.05, 3.63) is 0 Å². The summed E-state index contributed by atoms with van der Waals surface area (Å²) in [6, 6.07) is -0.257. The van der Waals surface area contributed by atoms with E-state index in [1.165, 1.54) is 4.31 Å². The maximum Gasteiger partial charge on any atom is 0.238 e. The monoisotopic (exact) mass is 308 g/mol. The number of nitrogens with zero attached hydrogens (tertiary/aromatic N) is 1. The van der Waals surface area contributed by atoms with Gasteiger partial charge in [-0.3, -0.25) is 4.79 Å². The molecule has 2 aliphatic rings. The first-order valence-electron chi connectivity index (χ1n) is 6.80. The molecule has 1 aliphatic heterocycles. The van der Waals surface area contributed by atoms with Gasteiger partial charge in [0.2, 0.25) is 15.9 Å². The van der Waals surface area contributed by atoms with Gasteiger partial charge in [0, 0.05) is 18.5 Å². The predicted molar refractivity (Wildman–Crippen MR) is 74.6 cm³/mol. The van der Waals surface area contributed by atoms with Crippen LogP contribution in [0, 0.1) is 5.92 Å². The predicted octanol–water partition coefficient (Wildman–Crippen LogP) is 0.934. The first kappa shape index (κ1) is 15.1. The van der Waals surface area contributed by atoms with Gasteiger partial charge >= 0.3 is 0 Å². The number of alkyl halides is 1. The van der Waals surface area contributed by atoms with Gasteiger partial charge in [-0.25, -0.2) is 8.42 Å². The molecule has 1 saturated heterocycles. The fourth-order valence-electron chi connectivity index (χ4n) is 2.36. The highest BCUT2D eigenvalue weighted by atomic mass is 35.5. The lowest BCUT2D eigenvalue weighted by molar-refractivity contribution is -0.124. The number of rotatable bonds is 6. The summed E-state index contributed by atoms with van der Waals surface area (Å²) in [5, 5.41) is 2.89. The number of hydrogen-bond acceptors (Lipinski definition) is 3. The minimum atomic E-state index is -3.39. The van der Waals surface area contributed by atoms with Crippen LogP contribution >= 0.6 is 11.6 Å². The van der Waals surface area contributed by atoms with E-state index in [1.807, 2.05) is 0 Å². The van der Waals surface area contributed by atoms with Crippen molar-refractivity contribution >= 4 is 27.5 Å². The molecule has 0 spiro atoms. The molecule has 2 unspecified atom stereocenters. The molecule has 0 aromatic carbocycles. The third-order valence-electron chi connectivity index (χ3n) is 3.55. The number of carbonyl (C=O) groups excluding carboxylic acids is 1. The highest BCUT2D eigenvalue weighted by molar-refractivity contribution is 7.89. The first-order chi connectivity index (χ1) is 8.94. The standard InChI is InChI=1S/C12H21ClN2O3S/c1-9(7-13)8-19(17,18)15-6-2-3-11(15)12(16)14-10-4-5-10/h9-11H,2-8H2,1H3,(H,14,16). The van der Waals surface area contributed by atoms with Gasteiger partial charge < -0.3 is 5.32 Å². The number of hydrogen-bond donors (Lipinski definition) is 1. The molecule has 7 heteroatoms. The second kappa shape index (κ2) is 5.97. The van der Waals surface area contributed by atoms with Crippen molar-refractivity contribution in [1.82, 2.24) is 9.62 Å². The molecule has 19 heavy (non-hydrogen) atoms. The van der Waals surface area contributed by atoms with Gasteiger partial charge in [0.15, 0.2) is 0 Å². The molecule has 110 valence electrons. The van der Waals surface area contributed by atoms with E-state index in [-0.39, 0.29) is 23.6 Å². The lowest BCUT2D eigenvalue weighted by atomic mass is 10.2. The Balaban J connectivity index is 2.02. The van der Waals surface area contributed by atoms with Crippen molar-refractivity contribution in [3.8, 4) is 0 Å². The van der Waals surface area contributed by atoms with Gasteiger partial charge in [-0.05, 0) is 31.6 Å². The van der Waals surface area contributed by atoms with Crippen LogP contribution in [0.15, 0.2) is 0 Å². The number of halogens is 1. The summed E-state index contributed by atoms with van der Waals surface area (Å²) in [6.07, 6.45) is 3.38. The van der Waals surface area contributed by atoms with Gasteiger partial charge in [-0.1, -0.05) is 6.92 Å². The van der Waals surface area contributed by atoms with Gasteiger partial charge in [-0.2, -0.15) is 4.31 Å². The third kappa shape index (κ3) is 3.83. The van der Waals surface area contributed by atoms with Gasteiger partial charge in [0.1, 0.15) is 6.04 Å².